The highest BCUT2D eigenvalue weighted by atomic mass is 16.6. The normalized spacial score (nSPS) is 35.8. The maximum absolute atomic E-state index is 12.2. The Morgan fingerprint density at radius 1 is 1.39 bits per heavy atom. The number of rotatable bonds is 0. The van der Waals surface area contributed by atoms with Gasteiger partial charge in [-0.3, -0.25) is 4.90 Å². The maximum Gasteiger partial charge on any atom is 0.342 e. The van der Waals surface area contributed by atoms with Crippen LogP contribution >= 0.6 is 0 Å². The molecule has 3 heterocycles. The molecule has 3 atom stereocenters. The van der Waals surface area contributed by atoms with Crippen LogP contribution in [0.25, 0.3) is 0 Å². The largest absolute Gasteiger partial charge is 0.459 e. The van der Waals surface area contributed by atoms with Gasteiger partial charge in [-0.25, -0.2) is 9.59 Å². The zero-order valence-electron chi connectivity index (χ0n) is 13.2. The van der Waals surface area contributed by atoms with E-state index in [-0.39, 0.29) is 36.3 Å². The van der Waals surface area contributed by atoms with E-state index in [1.54, 1.807) is 0 Å². The molecule has 0 bridgehead atoms. The summed E-state index contributed by atoms with van der Waals surface area (Å²) in [6, 6.07) is -0.0628. The Morgan fingerprint density at radius 2 is 2.13 bits per heavy atom. The molecule has 3 rings (SSSR count). The molecule has 6 heteroatoms. The molecule has 0 spiro atoms. The van der Waals surface area contributed by atoms with Crippen molar-refractivity contribution in [1.29, 1.82) is 0 Å². The molecule has 0 aromatic heterocycles. The highest BCUT2D eigenvalue weighted by Crippen LogP contribution is 2.33. The first kappa shape index (κ1) is 16.0. The molecule has 0 saturated carbocycles. The van der Waals surface area contributed by atoms with Crippen LogP contribution in [-0.4, -0.2) is 59.4 Å². The van der Waals surface area contributed by atoms with Crippen LogP contribution in [0.2, 0.25) is 0 Å². The van der Waals surface area contributed by atoms with Crippen LogP contribution in [-0.2, 0) is 19.1 Å². The second-order valence-corrected chi connectivity index (χ2v) is 6.48. The van der Waals surface area contributed by atoms with E-state index in [1.807, 2.05) is 6.08 Å². The van der Waals surface area contributed by atoms with E-state index in [2.05, 4.69) is 18.1 Å². The summed E-state index contributed by atoms with van der Waals surface area (Å²) < 4.78 is 10.9. The van der Waals surface area contributed by atoms with Crippen molar-refractivity contribution >= 4 is 11.9 Å². The van der Waals surface area contributed by atoms with Crippen molar-refractivity contribution in [1.82, 2.24) is 4.90 Å². The van der Waals surface area contributed by atoms with Crippen molar-refractivity contribution in [3.63, 3.8) is 0 Å². The zero-order chi connectivity index (χ0) is 16.8. The molecule has 0 aliphatic carbocycles. The summed E-state index contributed by atoms with van der Waals surface area (Å²) in [4.78, 5) is 26.6. The Labute approximate surface area is 135 Å². The average Bonchev–Trinajstić information content (AvgIpc) is 3.06. The van der Waals surface area contributed by atoms with Crippen LogP contribution in [0.5, 0.6) is 0 Å². The van der Waals surface area contributed by atoms with E-state index in [9.17, 15) is 14.7 Å². The van der Waals surface area contributed by atoms with Crippen molar-refractivity contribution in [3.8, 4) is 0 Å². The first-order chi connectivity index (χ1) is 10.8. The molecule has 3 aliphatic rings. The van der Waals surface area contributed by atoms with Gasteiger partial charge in [-0.15, -0.1) is 0 Å². The quantitative estimate of drug-likeness (QED) is 0.403. The van der Waals surface area contributed by atoms with E-state index < -0.39 is 17.5 Å². The van der Waals surface area contributed by atoms with E-state index in [0.717, 1.165) is 25.1 Å². The summed E-state index contributed by atoms with van der Waals surface area (Å²) in [5, 5.41) is 10.4. The molecular formula is C17H21NO5. The third-order valence-electron chi connectivity index (χ3n) is 4.84. The number of nitrogens with zero attached hydrogens (tertiary/aromatic N) is 1. The summed E-state index contributed by atoms with van der Waals surface area (Å²) in [5.74, 6) is -1.27. The lowest BCUT2D eigenvalue weighted by atomic mass is 9.91. The van der Waals surface area contributed by atoms with Crippen LogP contribution in [0.1, 0.15) is 19.8 Å². The SMILES string of the molecule is C=C1CC(=C)[C@@](C)(O)C(=O)OCC2=CCN3CC[C@@H](OC1=O)[C@@H]23. The van der Waals surface area contributed by atoms with Crippen LogP contribution < -0.4 is 0 Å². The van der Waals surface area contributed by atoms with Gasteiger partial charge in [0, 0.05) is 25.1 Å². The number of carbonyl (C=O) groups is 2. The van der Waals surface area contributed by atoms with Gasteiger partial charge in [0.15, 0.2) is 5.60 Å². The predicted molar refractivity (Wildman–Crippen MR) is 82.4 cm³/mol. The Kier molecular flexibility index (Phi) is 3.90. The topological polar surface area (TPSA) is 76.1 Å². The Morgan fingerprint density at radius 3 is 2.87 bits per heavy atom. The highest BCUT2D eigenvalue weighted by Gasteiger charge is 2.44. The maximum atomic E-state index is 12.2. The number of ether oxygens (including phenoxy) is 2. The van der Waals surface area contributed by atoms with Gasteiger partial charge in [0.2, 0.25) is 0 Å². The summed E-state index contributed by atoms with van der Waals surface area (Å²) in [5.41, 5.74) is -0.627. The number of hydrogen-bond donors (Lipinski definition) is 1. The molecule has 0 aromatic carbocycles. The Bertz CT molecular complexity index is 618. The fourth-order valence-electron chi connectivity index (χ4n) is 3.28. The second-order valence-electron chi connectivity index (χ2n) is 6.48. The first-order valence-electron chi connectivity index (χ1n) is 7.70. The Balaban J connectivity index is 1.89. The highest BCUT2D eigenvalue weighted by molar-refractivity contribution is 5.90. The number of aliphatic hydroxyl groups is 1. The zero-order valence-corrected chi connectivity index (χ0v) is 13.2. The smallest absolute Gasteiger partial charge is 0.342 e. The standard InChI is InChI=1S/C17H21NO5/c1-10-8-11(2)17(3,21)16(20)22-9-12-4-6-18-7-5-13(14(12)18)23-15(10)19/h4,13-14,21H,1-2,5-9H2,3H3/t13-,14-,17-/m1/s1. The molecular weight excluding hydrogens is 298 g/mol. The molecule has 0 aromatic rings. The number of carbonyl (C=O) groups excluding carboxylic acids is 2. The first-order valence-corrected chi connectivity index (χ1v) is 7.70. The second kappa shape index (κ2) is 5.62. The van der Waals surface area contributed by atoms with Gasteiger partial charge in [-0.05, 0) is 24.5 Å². The minimum Gasteiger partial charge on any atom is -0.459 e. The van der Waals surface area contributed by atoms with E-state index >= 15 is 0 Å². The lowest BCUT2D eigenvalue weighted by Gasteiger charge is -2.28. The van der Waals surface area contributed by atoms with Crippen LogP contribution in [0.15, 0.2) is 36.0 Å². The molecule has 0 unspecified atom stereocenters. The third kappa shape index (κ3) is 2.72. The Hall–Kier alpha value is -1.92. The summed E-state index contributed by atoms with van der Waals surface area (Å²) >= 11 is 0. The van der Waals surface area contributed by atoms with Crippen LogP contribution in [0.3, 0.4) is 0 Å². The number of esters is 2. The van der Waals surface area contributed by atoms with Gasteiger partial charge in [-0.1, -0.05) is 19.2 Å². The van der Waals surface area contributed by atoms with Crippen molar-refractivity contribution in [2.75, 3.05) is 19.7 Å². The van der Waals surface area contributed by atoms with Gasteiger partial charge < -0.3 is 14.6 Å². The summed E-state index contributed by atoms with van der Waals surface area (Å²) in [6.45, 7) is 10.4. The van der Waals surface area contributed by atoms with Crippen molar-refractivity contribution in [3.05, 3.63) is 36.0 Å². The lowest BCUT2D eigenvalue weighted by Crippen LogP contribution is -2.41. The van der Waals surface area contributed by atoms with E-state index in [0.29, 0.717) is 0 Å². The third-order valence-corrected chi connectivity index (χ3v) is 4.84. The summed E-state index contributed by atoms with van der Waals surface area (Å²) in [6.07, 6.45) is 2.46. The molecule has 2 fully saturated rings. The molecule has 23 heavy (non-hydrogen) atoms. The molecule has 6 nitrogen and oxygen atoms in total. The van der Waals surface area contributed by atoms with Crippen LogP contribution in [0.4, 0.5) is 0 Å². The minimum absolute atomic E-state index is 0.00920. The summed E-state index contributed by atoms with van der Waals surface area (Å²) in [7, 11) is 0. The van der Waals surface area contributed by atoms with E-state index in [1.165, 1.54) is 6.92 Å². The lowest BCUT2D eigenvalue weighted by molar-refractivity contribution is -0.159. The molecule has 2 saturated heterocycles. The number of hydrogen-bond acceptors (Lipinski definition) is 6. The van der Waals surface area contributed by atoms with Crippen molar-refractivity contribution < 1.29 is 24.2 Å². The van der Waals surface area contributed by atoms with E-state index in [4.69, 9.17) is 9.47 Å². The van der Waals surface area contributed by atoms with Gasteiger partial charge in [-0.2, -0.15) is 0 Å². The van der Waals surface area contributed by atoms with Crippen molar-refractivity contribution in [2.24, 2.45) is 0 Å². The minimum atomic E-state index is -1.86. The molecule has 0 amide bonds. The fourth-order valence-corrected chi connectivity index (χ4v) is 3.28. The van der Waals surface area contributed by atoms with Gasteiger partial charge in [0.05, 0.1) is 6.04 Å². The molecule has 3 aliphatic heterocycles. The van der Waals surface area contributed by atoms with Crippen molar-refractivity contribution in [2.45, 2.75) is 37.5 Å². The van der Waals surface area contributed by atoms with Gasteiger partial charge >= 0.3 is 11.9 Å². The fraction of sp³-hybridized carbons (Fsp3) is 0.529. The molecule has 0 radical (unpaired) electrons. The predicted octanol–water partition coefficient (Wildman–Crippen LogP) is 0.723. The van der Waals surface area contributed by atoms with Crippen LogP contribution in [0, 0.1) is 0 Å². The molecule has 124 valence electrons. The monoisotopic (exact) mass is 319 g/mol. The van der Waals surface area contributed by atoms with Gasteiger partial charge in [0.25, 0.3) is 0 Å². The number of cyclic esters (lactones) is 1. The van der Waals surface area contributed by atoms with Gasteiger partial charge in [0.1, 0.15) is 12.7 Å². The average molecular weight is 319 g/mol. The molecule has 1 N–H and O–H groups in total.